The second kappa shape index (κ2) is 7.61. The first kappa shape index (κ1) is 17.4. The van der Waals surface area contributed by atoms with E-state index in [4.69, 9.17) is 0 Å². The van der Waals surface area contributed by atoms with Gasteiger partial charge in [-0.15, -0.1) is 0 Å². The highest BCUT2D eigenvalue weighted by Crippen LogP contribution is 2.20. The minimum atomic E-state index is -0.363. The number of para-hydroxylation sites is 2. The van der Waals surface area contributed by atoms with E-state index in [-0.39, 0.29) is 17.5 Å². The number of nitrogens with zero attached hydrogens (tertiary/aromatic N) is 1. The SMILES string of the molecule is Cc1cccc(C)c1NC(=O)c1ccnc(C(=O)Nc2ccccc2)c1. The van der Waals surface area contributed by atoms with Gasteiger partial charge in [0.25, 0.3) is 11.8 Å². The number of aryl methyl sites for hydroxylation is 2. The summed E-state index contributed by atoms with van der Waals surface area (Å²) in [7, 11) is 0. The molecule has 0 aliphatic rings. The van der Waals surface area contributed by atoms with Crippen molar-refractivity contribution in [2.75, 3.05) is 10.6 Å². The van der Waals surface area contributed by atoms with E-state index >= 15 is 0 Å². The Labute approximate surface area is 152 Å². The first-order valence-corrected chi connectivity index (χ1v) is 8.24. The molecule has 1 heterocycles. The van der Waals surface area contributed by atoms with Gasteiger partial charge in [0.05, 0.1) is 0 Å². The number of hydrogen-bond acceptors (Lipinski definition) is 3. The lowest BCUT2D eigenvalue weighted by atomic mass is 10.1. The van der Waals surface area contributed by atoms with Crippen LogP contribution in [0.4, 0.5) is 11.4 Å². The van der Waals surface area contributed by atoms with E-state index in [2.05, 4.69) is 15.6 Å². The molecular weight excluding hydrogens is 326 g/mol. The van der Waals surface area contributed by atoms with Crippen molar-refractivity contribution in [1.82, 2.24) is 4.98 Å². The molecule has 2 N–H and O–H groups in total. The minimum Gasteiger partial charge on any atom is -0.322 e. The molecule has 0 aliphatic heterocycles. The summed E-state index contributed by atoms with van der Waals surface area (Å²) >= 11 is 0. The van der Waals surface area contributed by atoms with Gasteiger partial charge in [-0.3, -0.25) is 14.6 Å². The van der Waals surface area contributed by atoms with Crippen LogP contribution in [0.1, 0.15) is 32.0 Å². The number of hydrogen-bond donors (Lipinski definition) is 2. The van der Waals surface area contributed by atoms with Crippen molar-refractivity contribution < 1.29 is 9.59 Å². The van der Waals surface area contributed by atoms with Gasteiger partial charge >= 0.3 is 0 Å². The van der Waals surface area contributed by atoms with Crippen LogP contribution in [0.5, 0.6) is 0 Å². The molecule has 0 atom stereocenters. The van der Waals surface area contributed by atoms with E-state index in [9.17, 15) is 9.59 Å². The van der Waals surface area contributed by atoms with Crippen LogP contribution in [0, 0.1) is 13.8 Å². The predicted molar refractivity (Wildman–Crippen MR) is 103 cm³/mol. The Kier molecular flexibility index (Phi) is 5.08. The van der Waals surface area contributed by atoms with Crippen LogP contribution in [0.15, 0.2) is 66.9 Å². The minimum absolute atomic E-state index is 0.183. The lowest BCUT2D eigenvalue weighted by Gasteiger charge is -2.12. The molecule has 26 heavy (non-hydrogen) atoms. The second-order valence-corrected chi connectivity index (χ2v) is 5.97. The van der Waals surface area contributed by atoms with E-state index in [1.54, 1.807) is 18.2 Å². The van der Waals surface area contributed by atoms with Gasteiger partial charge in [-0.25, -0.2) is 0 Å². The van der Waals surface area contributed by atoms with Crippen LogP contribution in [0.2, 0.25) is 0 Å². The van der Waals surface area contributed by atoms with Gasteiger partial charge in [0.2, 0.25) is 0 Å². The molecule has 2 amide bonds. The monoisotopic (exact) mass is 345 g/mol. The van der Waals surface area contributed by atoms with Crippen molar-refractivity contribution in [3.05, 3.63) is 89.2 Å². The molecule has 0 saturated carbocycles. The maximum Gasteiger partial charge on any atom is 0.274 e. The van der Waals surface area contributed by atoms with Gasteiger partial charge in [-0.2, -0.15) is 0 Å². The van der Waals surface area contributed by atoms with Gasteiger partial charge in [0.15, 0.2) is 0 Å². The quantitative estimate of drug-likeness (QED) is 0.744. The van der Waals surface area contributed by atoms with Crippen molar-refractivity contribution in [3.63, 3.8) is 0 Å². The fourth-order valence-corrected chi connectivity index (χ4v) is 2.61. The third-order valence-corrected chi connectivity index (χ3v) is 4.01. The van der Waals surface area contributed by atoms with Crippen LogP contribution < -0.4 is 10.6 Å². The Morgan fingerprint density at radius 2 is 1.50 bits per heavy atom. The summed E-state index contributed by atoms with van der Waals surface area (Å²) in [6.07, 6.45) is 1.46. The third kappa shape index (κ3) is 3.95. The van der Waals surface area contributed by atoms with Crippen molar-refractivity contribution in [1.29, 1.82) is 0 Å². The second-order valence-electron chi connectivity index (χ2n) is 5.97. The van der Waals surface area contributed by atoms with Gasteiger partial charge in [0.1, 0.15) is 5.69 Å². The molecule has 0 fully saturated rings. The zero-order chi connectivity index (χ0) is 18.5. The topological polar surface area (TPSA) is 71.1 Å². The molecule has 0 unspecified atom stereocenters. The van der Waals surface area contributed by atoms with Crippen LogP contribution in [0.3, 0.4) is 0 Å². The number of benzene rings is 2. The van der Waals surface area contributed by atoms with Crippen molar-refractivity contribution in [2.24, 2.45) is 0 Å². The Hall–Kier alpha value is -3.47. The Balaban J connectivity index is 1.78. The molecule has 3 aromatic rings. The summed E-state index contributed by atoms with van der Waals surface area (Å²) in [5, 5.41) is 5.67. The van der Waals surface area contributed by atoms with Gasteiger partial charge in [-0.1, -0.05) is 36.4 Å². The van der Waals surface area contributed by atoms with E-state index in [0.717, 1.165) is 16.8 Å². The number of carbonyl (C=O) groups excluding carboxylic acids is 2. The molecule has 0 aliphatic carbocycles. The molecule has 130 valence electrons. The van der Waals surface area contributed by atoms with Crippen LogP contribution in [-0.4, -0.2) is 16.8 Å². The fourth-order valence-electron chi connectivity index (χ4n) is 2.61. The summed E-state index contributed by atoms with van der Waals surface area (Å²) < 4.78 is 0. The average Bonchev–Trinajstić information content (AvgIpc) is 2.65. The van der Waals surface area contributed by atoms with Crippen molar-refractivity contribution in [2.45, 2.75) is 13.8 Å². The van der Waals surface area contributed by atoms with Gasteiger partial charge in [0, 0.05) is 23.1 Å². The first-order chi connectivity index (χ1) is 12.5. The molecule has 0 saturated heterocycles. The first-order valence-electron chi connectivity index (χ1n) is 8.24. The molecule has 2 aromatic carbocycles. The van der Waals surface area contributed by atoms with Crippen LogP contribution >= 0.6 is 0 Å². The lowest BCUT2D eigenvalue weighted by Crippen LogP contribution is -2.17. The van der Waals surface area contributed by atoms with E-state index < -0.39 is 0 Å². The summed E-state index contributed by atoms with van der Waals surface area (Å²) in [6.45, 7) is 3.88. The molecule has 3 rings (SSSR count). The molecule has 0 spiro atoms. The molecule has 5 nitrogen and oxygen atoms in total. The van der Waals surface area contributed by atoms with Gasteiger partial charge in [-0.05, 0) is 49.2 Å². The normalized spacial score (nSPS) is 10.2. The largest absolute Gasteiger partial charge is 0.322 e. The number of rotatable bonds is 4. The molecule has 1 aromatic heterocycles. The molecule has 5 heteroatoms. The highest BCUT2D eigenvalue weighted by atomic mass is 16.2. The maximum atomic E-state index is 12.6. The predicted octanol–water partition coefficient (Wildman–Crippen LogP) is 4.20. The van der Waals surface area contributed by atoms with Crippen LogP contribution in [-0.2, 0) is 0 Å². The van der Waals surface area contributed by atoms with Crippen molar-refractivity contribution >= 4 is 23.2 Å². The highest BCUT2D eigenvalue weighted by Gasteiger charge is 2.13. The summed E-state index contributed by atoms with van der Waals surface area (Å²) in [5.41, 5.74) is 3.97. The Bertz CT molecular complexity index is 932. The number of nitrogens with one attached hydrogen (secondary N) is 2. The number of amides is 2. The van der Waals surface area contributed by atoms with E-state index in [1.165, 1.54) is 12.3 Å². The summed E-state index contributed by atoms with van der Waals surface area (Å²) in [4.78, 5) is 29.0. The highest BCUT2D eigenvalue weighted by molar-refractivity contribution is 6.08. The summed E-state index contributed by atoms with van der Waals surface area (Å²) in [6, 6.07) is 18.0. The Morgan fingerprint density at radius 1 is 0.808 bits per heavy atom. The standard InChI is InChI=1S/C21H19N3O2/c1-14-7-6-8-15(2)19(14)24-20(25)16-11-12-22-18(13-16)21(26)23-17-9-4-3-5-10-17/h3-13H,1-2H3,(H,23,26)(H,24,25). The number of carbonyl (C=O) groups is 2. The fraction of sp³-hybridized carbons (Fsp3) is 0.0952. The zero-order valence-corrected chi connectivity index (χ0v) is 14.6. The smallest absolute Gasteiger partial charge is 0.274 e. The van der Waals surface area contributed by atoms with Crippen LogP contribution in [0.25, 0.3) is 0 Å². The molecule has 0 bridgehead atoms. The van der Waals surface area contributed by atoms with Crippen molar-refractivity contribution in [3.8, 4) is 0 Å². The summed E-state index contributed by atoms with van der Waals surface area (Å²) in [5.74, 6) is -0.642. The van der Waals surface area contributed by atoms with E-state index in [1.807, 2.05) is 50.2 Å². The maximum absolute atomic E-state index is 12.6. The van der Waals surface area contributed by atoms with Gasteiger partial charge < -0.3 is 10.6 Å². The Morgan fingerprint density at radius 3 is 2.19 bits per heavy atom. The number of aromatic nitrogens is 1. The number of pyridine rings is 1. The zero-order valence-electron chi connectivity index (χ0n) is 14.6. The third-order valence-electron chi connectivity index (χ3n) is 4.01. The molecular formula is C21H19N3O2. The van der Waals surface area contributed by atoms with E-state index in [0.29, 0.717) is 11.3 Å². The number of anilines is 2. The lowest BCUT2D eigenvalue weighted by molar-refractivity contribution is 0.102. The molecule has 0 radical (unpaired) electrons. The average molecular weight is 345 g/mol.